The number of rotatable bonds is 8. The molecule has 2 saturated heterocycles. The molecule has 0 aromatic heterocycles. The fraction of sp³-hybridized carbons (Fsp3) is 0.500. The van der Waals surface area contributed by atoms with Crippen LogP contribution in [0.3, 0.4) is 0 Å². The number of carbonyl (C=O) groups is 3. The number of benzene rings is 1. The van der Waals surface area contributed by atoms with E-state index in [-0.39, 0.29) is 29.6 Å². The van der Waals surface area contributed by atoms with Gasteiger partial charge in [-0.25, -0.2) is 9.59 Å². The molecule has 7 nitrogen and oxygen atoms in total. The van der Waals surface area contributed by atoms with Gasteiger partial charge in [-0.2, -0.15) is 11.8 Å². The van der Waals surface area contributed by atoms with E-state index in [1.54, 1.807) is 12.1 Å². The van der Waals surface area contributed by atoms with Crippen LogP contribution >= 0.6 is 11.8 Å². The molecule has 3 amide bonds. The van der Waals surface area contributed by atoms with Crippen LogP contribution in [0.25, 0.3) is 0 Å². The van der Waals surface area contributed by atoms with Gasteiger partial charge < -0.3 is 21.1 Å². The van der Waals surface area contributed by atoms with E-state index in [9.17, 15) is 14.4 Å². The largest absolute Gasteiger partial charge is 0.478 e. The molecule has 3 rings (SSSR count). The van der Waals surface area contributed by atoms with Gasteiger partial charge in [-0.05, 0) is 30.5 Å². The van der Waals surface area contributed by atoms with E-state index in [1.807, 2.05) is 11.8 Å². The number of urea groups is 1. The fourth-order valence-corrected chi connectivity index (χ4v) is 4.87. The van der Waals surface area contributed by atoms with Crippen molar-refractivity contribution in [3.8, 4) is 0 Å². The van der Waals surface area contributed by atoms with Crippen LogP contribution in [-0.4, -0.2) is 46.1 Å². The molecule has 26 heavy (non-hydrogen) atoms. The Balaban J connectivity index is 1.31. The highest BCUT2D eigenvalue weighted by Gasteiger charge is 2.42. The molecule has 0 radical (unpaired) electrons. The second-order valence-corrected chi connectivity index (χ2v) is 7.92. The Bertz CT molecular complexity index is 680. The van der Waals surface area contributed by atoms with Gasteiger partial charge in [0.05, 0.1) is 17.6 Å². The second-order valence-electron chi connectivity index (χ2n) is 6.65. The molecule has 2 fully saturated rings. The van der Waals surface area contributed by atoms with Crippen molar-refractivity contribution in [2.45, 2.75) is 49.6 Å². The number of thioether (sulfide) groups is 1. The van der Waals surface area contributed by atoms with Crippen LogP contribution in [0.2, 0.25) is 0 Å². The van der Waals surface area contributed by atoms with Crippen LogP contribution in [-0.2, 0) is 11.3 Å². The molecule has 1 aromatic rings. The maximum absolute atomic E-state index is 11.9. The van der Waals surface area contributed by atoms with Gasteiger partial charge in [-0.3, -0.25) is 4.79 Å². The third-order valence-corrected chi connectivity index (χ3v) is 6.28. The number of aromatic carboxylic acids is 1. The highest BCUT2D eigenvalue weighted by Crippen LogP contribution is 2.33. The summed E-state index contributed by atoms with van der Waals surface area (Å²) in [4.78, 5) is 34.1. The molecular weight excluding hydrogens is 354 g/mol. The molecule has 2 heterocycles. The summed E-state index contributed by atoms with van der Waals surface area (Å²) in [5, 5.41) is 18.1. The van der Waals surface area contributed by atoms with Crippen LogP contribution in [0, 0.1) is 0 Å². The highest BCUT2D eigenvalue weighted by atomic mass is 32.2. The lowest BCUT2D eigenvalue weighted by atomic mass is 10.0. The van der Waals surface area contributed by atoms with Crippen LogP contribution in [0.15, 0.2) is 24.3 Å². The standard InChI is InChI=1S/C18H23N3O4S/c22-15(19-9-11-5-7-12(8-6-11)17(23)24)4-2-1-3-14-16-13(10-26-14)20-18(25)21-16/h5-8,13-14,16H,1-4,9-10H2,(H,19,22)(H,23,24)(H2,20,21,25)/t13-,14+,16-/m0/s1. The normalized spacial score (nSPS) is 23.8. The minimum atomic E-state index is -0.958. The monoisotopic (exact) mass is 377 g/mol. The van der Waals surface area contributed by atoms with Crippen molar-refractivity contribution in [2.24, 2.45) is 0 Å². The van der Waals surface area contributed by atoms with Gasteiger partial charge in [0.25, 0.3) is 0 Å². The highest BCUT2D eigenvalue weighted by molar-refractivity contribution is 8.00. The number of carbonyl (C=O) groups excluding carboxylic acids is 2. The number of fused-ring (bicyclic) bond motifs is 1. The first-order valence-corrected chi connectivity index (χ1v) is 9.85. The van der Waals surface area contributed by atoms with Crippen molar-refractivity contribution in [3.05, 3.63) is 35.4 Å². The molecule has 1 aromatic carbocycles. The van der Waals surface area contributed by atoms with Crippen molar-refractivity contribution in [2.75, 3.05) is 5.75 Å². The van der Waals surface area contributed by atoms with Crippen LogP contribution < -0.4 is 16.0 Å². The Morgan fingerprint density at radius 2 is 1.96 bits per heavy atom. The van der Waals surface area contributed by atoms with E-state index >= 15 is 0 Å². The molecule has 0 bridgehead atoms. The van der Waals surface area contributed by atoms with E-state index in [4.69, 9.17) is 5.11 Å². The SMILES string of the molecule is O=C(CCCC[C@H]1SC[C@@H]2NC(=O)N[C@@H]21)NCc1ccc(C(=O)O)cc1. The van der Waals surface area contributed by atoms with Crippen molar-refractivity contribution >= 4 is 29.7 Å². The van der Waals surface area contributed by atoms with E-state index in [0.29, 0.717) is 18.2 Å². The Labute approximate surface area is 156 Å². The fourth-order valence-electron chi connectivity index (χ4n) is 3.33. The number of unbranched alkanes of at least 4 members (excludes halogenated alkanes) is 1. The summed E-state index contributed by atoms with van der Waals surface area (Å²) in [6.45, 7) is 0.401. The summed E-state index contributed by atoms with van der Waals surface area (Å²) in [6, 6.07) is 6.88. The number of nitrogens with one attached hydrogen (secondary N) is 3. The van der Waals surface area contributed by atoms with Gasteiger partial charge >= 0.3 is 12.0 Å². The topological polar surface area (TPSA) is 108 Å². The molecular formula is C18H23N3O4S. The molecule has 0 saturated carbocycles. The first kappa shape index (κ1) is 18.6. The maximum atomic E-state index is 11.9. The smallest absolute Gasteiger partial charge is 0.335 e. The van der Waals surface area contributed by atoms with Crippen molar-refractivity contribution in [3.63, 3.8) is 0 Å². The van der Waals surface area contributed by atoms with Gasteiger partial charge in [0.1, 0.15) is 0 Å². The lowest BCUT2D eigenvalue weighted by Crippen LogP contribution is -2.36. The molecule has 140 valence electrons. The third-order valence-electron chi connectivity index (χ3n) is 4.77. The summed E-state index contributed by atoms with van der Waals surface area (Å²) in [5.41, 5.74) is 1.11. The van der Waals surface area contributed by atoms with Crippen molar-refractivity contribution < 1.29 is 19.5 Å². The zero-order valence-electron chi connectivity index (χ0n) is 14.4. The number of carboxylic acid groups (broad SMARTS) is 1. The van der Waals surface area contributed by atoms with Crippen molar-refractivity contribution in [1.82, 2.24) is 16.0 Å². The average molecular weight is 377 g/mol. The quantitative estimate of drug-likeness (QED) is 0.408. The van der Waals surface area contributed by atoms with Crippen LogP contribution in [0.1, 0.15) is 41.6 Å². The van der Waals surface area contributed by atoms with E-state index in [0.717, 1.165) is 30.6 Å². The minimum absolute atomic E-state index is 0.0000912. The predicted molar refractivity (Wildman–Crippen MR) is 99.2 cm³/mol. The Hall–Kier alpha value is -2.22. The molecule has 3 atom stereocenters. The first-order chi connectivity index (χ1) is 12.5. The summed E-state index contributed by atoms with van der Waals surface area (Å²) in [5.74, 6) is -0.00438. The van der Waals surface area contributed by atoms with E-state index in [2.05, 4.69) is 16.0 Å². The lowest BCUT2D eigenvalue weighted by Gasteiger charge is -2.16. The second kappa shape index (κ2) is 8.44. The van der Waals surface area contributed by atoms with Gasteiger partial charge in [-0.15, -0.1) is 0 Å². The third kappa shape index (κ3) is 4.69. The number of amides is 3. The van der Waals surface area contributed by atoms with Gasteiger partial charge in [0.2, 0.25) is 5.91 Å². The molecule has 4 N–H and O–H groups in total. The van der Waals surface area contributed by atoms with E-state index < -0.39 is 5.97 Å². The molecule has 0 aliphatic carbocycles. The Kier molecular flexibility index (Phi) is 6.03. The van der Waals surface area contributed by atoms with Crippen LogP contribution in [0.5, 0.6) is 0 Å². The van der Waals surface area contributed by atoms with Crippen LogP contribution in [0.4, 0.5) is 4.79 Å². The van der Waals surface area contributed by atoms with Gasteiger partial charge in [0.15, 0.2) is 0 Å². The lowest BCUT2D eigenvalue weighted by molar-refractivity contribution is -0.121. The summed E-state index contributed by atoms with van der Waals surface area (Å²) < 4.78 is 0. The number of carboxylic acids is 1. The summed E-state index contributed by atoms with van der Waals surface area (Å²) in [6.07, 6.45) is 3.25. The zero-order chi connectivity index (χ0) is 18.5. The Morgan fingerprint density at radius 1 is 1.19 bits per heavy atom. The average Bonchev–Trinajstić information content (AvgIpc) is 3.16. The first-order valence-electron chi connectivity index (χ1n) is 8.80. The van der Waals surface area contributed by atoms with Gasteiger partial charge in [0, 0.05) is 24.0 Å². The molecule has 8 heteroatoms. The zero-order valence-corrected chi connectivity index (χ0v) is 15.2. The molecule has 2 aliphatic rings. The summed E-state index contributed by atoms with van der Waals surface area (Å²) >= 11 is 1.89. The number of hydrogen-bond acceptors (Lipinski definition) is 4. The van der Waals surface area contributed by atoms with Crippen molar-refractivity contribution in [1.29, 1.82) is 0 Å². The minimum Gasteiger partial charge on any atom is -0.478 e. The predicted octanol–water partition coefficient (Wildman–Crippen LogP) is 1.73. The van der Waals surface area contributed by atoms with Gasteiger partial charge in [-0.1, -0.05) is 18.6 Å². The number of hydrogen-bond donors (Lipinski definition) is 4. The Morgan fingerprint density at radius 3 is 2.69 bits per heavy atom. The molecule has 2 aliphatic heterocycles. The summed E-state index contributed by atoms with van der Waals surface area (Å²) in [7, 11) is 0. The maximum Gasteiger partial charge on any atom is 0.335 e. The molecule has 0 unspecified atom stereocenters. The molecule has 0 spiro atoms. The van der Waals surface area contributed by atoms with E-state index in [1.165, 1.54) is 12.1 Å².